The summed E-state index contributed by atoms with van der Waals surface area (Å²) < 4.78 is 18.7. The largest absolute Gasteiger partial charge is 0.448 e. The smallest absolute Gasteiger partial charge is 0.407 e. The molecule has 602 valence electrons. The van der Waals surface area contributed by atoms with Gasteiger partial charge in [0.1, 0.15) is 13.4 Å². The number of thioether (sulfide) groups is 2. The van der Waals surface area contributed by atoms with Crippen LogP contribution in [-0.4, -0.2) is 164 Å². The van der Waals surface area contributed by atoms with E-state index in [2.05, 4.69) is 52.8 Å². The number of cyclic esters (lactones) is 1. The Balaban J connectivity index is -0.0000000352. The molecule has 0 unspecified atom stereocenters. The fraction of sp³-hybridized carbons (Fsp3) is 0.890. The van der Waals surface area contributed by atoms with Gasteiger partial charge in [-0.05, 0) is 32.4 Å². The van der Waals surface area contributed by atoms with E-state index >= 15 is 0 Å². The molecule has 0 bridgehead atoms. The zero-order valence-electron chi connectivity index (χ0n) is 72.1. The van der Waals surface area contributed by atoms with Crippen LogP contribution in [0.2, 0.25) is 0 Å². The van der Waals surface area contributed by atoms with Gasteiger partial charge in [0.25, 0.3) is 11.8 Å². The molecule has 96 heavy (non-hydrogen) atoms. The highest BCUT2D eigenvalue weighted by Gasteiger charge is 2.15. The lowest BCUT2D eigenvalue weighted by Gasteiger charge is -1.80. The van der Waals surface area contributed by atoms with Crippen LogP contribution in [0.5, 0.6) is 0 Å². The van der Waals surface area contributed by atoms with E-state index < -0.39 is 0 Å². The molecule has 7 amide bonds. The van der Waals surface area contributed by atoms with Crippen LogP contribution in [0.3, 0.4) is 0 Å². The summed E-state index contributed by atoms with van der Waals surface area (Å²) >= 11 is 4.07. The zero-order chi connectivity index (χ0) is 80.6. The summed E-state index contributed by atoms with van der Waals surface area (Å²) in [4.78, 5) is 64.9. The molecule has 0 aromatic carbocycles. The van der Waals surface area contributed by atoms with E-state index in [1.54, 1.807) is 0 Å². The van der Waals surface area contributed by atoms with Crippen molar-refractivity contribution in [3.63, 3.8) is 0 Å². The predicted molar refractivity (Wildman–Crippen MR) is 439 cm³/mol. The third kappa shape index (κ3) is 212. The van der Waals surface area contributed by atoms with Crippen molar-refractivity contribution < 1.29 is 52.6 Å². The standard InChI is InChI=1S/C4H5NO2.C4H3NO2.C4H9N.C3H6N2O.C3H8N2.C3H5NO2.2C3H7NO.C3H6O2.C3H6S2.20C2H6/c2*6-3-1-2-4(7)5-3;1-2-4-5-3-1;6-3-4-1-2-5-3;1-2-5-3-4-1;5-3-4-1-2-6-3;1-2-5-3-4-1;1-2-4-5-3-1;2*1-2-5-3-4-1;20*1-2/h1-2H2,(H,5,6,7);1-2H,(H,5,6,7);5H,1-4H2;1-2H2,(H2,4,5,6);4-5H,1-3H2;1-2H2,(H,4,5);2*4H,1-3H2;2*1-3H2;20*1-2H3. The number of carbonyl (C=O) groups is 6. The Morgan fingerprint density at radius 3 is 0.812 bits per heavy atom. The Kier molecular flexibility index (Phi) is 337. The number of hydrogen-bond donors (Lipinski definition) is 10. The number of alkyl carbamates (subject to hydrolysis) is 1. The third-order valence-electron chi connectivity index (χ3n) is 6.81. The molecule has 21 nitrogen and oxygen atoms in total. The highest BCUT2D eigenvalue weighted by molar-refractivity contribution is 8.19. The van der Waals surface area contributed by atoms with Gasteiger partial charge in [0.05, 0.1) is 39.7 Å². The average molecular weight is 1440 g/mol. The molecule has 0 saturated carbocycles. The van der Waals surface area contributed by atoms with Gasteiger partial charge in [0.2, 0.25) is 11.8 Å². The normalized spacial score (nSPS) is 14.0. The first-order valence-electron chi connectivity index (χ1n) is 38.7. The van der Waals surface area contributed by atoms with Gasteiger partial charge in [-0.15, -0.1) is 0 Å². The molecule has 10 aliphatic heterocycles. The lowest BCUT2D eigenvalue weighted by atomic mass is 10.4. The first-order chi connectivity index (χ1) is 47.4. The van der Waals surface area contributed by atoms with Crippen molar-refractivity contribution in [3.05, 3.63) is 12.2 Å². The summed E-state index contributed by atoms with van der Waals surface area (Å²) in [6, 6.07) is -0.0463. The highest BCUT2D eigenvalue weighted by atomic mass is 32.2. The molecule has 9 fully saturated rings. The van der Waals surface area contributed by atoms with Crippen LogP contribution in [0.15, 0.2) is 12.2 Å². The second kappa shape index (κ2) is 219. The molecule has 0 atom stereocenters. The number of nitrogens with one attached hydrogen (secondary N) is 10. The second-order valence-electron chi connectivity index (χ2n) is 11.6. The summed E-state index contributed by atoms with van der Waals surface area (Å²) in [6.45, 7) is 95.2. The van der Waals surface area contributed by atoms with Gasteiger partial charge in [0, 0.05) is 87.5 Å². The van der Waals surface area contributed by atoms with Gasteiger partial charge < -0.3 is 55.7 Å². The van der Waals surface area contributed by atoms with Crippen LogP contribution in [0, 0.1) is 0 Å². The number of ether oxygens (including phenoxy) is 4. The van der Waals surface area contributed by atoms with E-state index in [1.807, 2.05) is 306 Å². The van der Waals surface area contributed by atoms with Crippen molar-refractivity contribution in [2.24, 2.45) is 0 Å². The van der Waals surface area contributed by atoms with Gasteiger partial charge in [-0.1, -0.05) is 277 Å². The minimum absolute atomic E-state index is 0.0463. The molecule has 9 saturated heterocycles. The maximum absolute atomic E-state index is 10.1. The van der Waals surface area contributed by atoms with E-state index in [1.165, 1.54) is 61.1 Å². The summed E-state index contributed by atoms with van der Waals surface area (Å²) in [7, 11) is 0. The van der Waals surface area contributed by atoms with Gasteiger partial charge in [-0.3, -0.25) is 35.1 Å². The summed E-state index contributed by atoms with van der Waals surface area (Å²) in [6.07, 6.45) is 6.79. The Morgan fingerprint density at radius 1 is 0.333 bits per heavy atom. The highest BCUT2D eigenvalue weighted by Crippen LogP contribution is 2.20. The summed E-state index contributed by atoms with van der Waals surface area (Å²) in [5.41, 5.74) is 2.72. The van der Waals surface area contributed by atoms with Crippen molar-refractivity contribution in [2.75, 3.05) is 129 Å². The van der Waals surface area contributed by atoms with Crippen molar-refractivity contribution >= 4 is 59.3 Å². The molecule has 10 N–H and O–H groups in total. The molecule has 0 radical (unpaired) electrons. The van der Waals surface area contributed by atoms with Crippen molar-refractivity contribution in [2.45, 2.75) is 309 Å². The van der Waals surface area contributed by atoms with Crippen molar-refractivity contribution in [1.29, 1.82) is 0 Å². The molecule has 10 rings (SSSR count). The first-order valence-corrected chi connectivity index (χ1v) is 41.0. The van der Waals surface area contributed by atoms with E-state index in [0.717, 1.165) is 79.1 Å². The van der Waals surface area contributed by atoms with Gasteiger partial charge in [0.15, 0.2) is 0 Å². The number of hydroxylamine groups is 1. The number of rotatable bonds is 0. The average Bonchev–Trinajstić information content (AvgIpc) is 4.37. The second-order valence-corrected chi connectivity index (χ2v) is 14.1. The summed E-state index contributed by atoms with van der Waals surface area (Å²) in [5.74, 6) is 1.81. The van der Waals surface area contributed by atoms with Crippen molar-refractivity contribution in [1.82, 2.24) is 53.3 Å². The predicted octanol–water partition coefficient (Wildman–Crippen LogP) is 18.6. The Bertz CT molecular complexity index is 924. The topological polar surface area (TPSA) is 269 Å². The van der Waals surface area contributed by atoms with Crippen LogP contribution in [0.1, 0.15) is 309 Å². The zero-order valence-corrected chi connectivity index (χ0v) is 73.8. The van der Waals surface area contributed by atoms with E-state index in [0.29, 0.717) is 32.8 Å². The Morgan fingerprint density at radius 2 is 0.708 bits per heavy atom. The number of urea groups is 1. The van der Waals surface area contributed by atoms with Crippen LogP contribution >= 0.6 is 23.5 Å². The Hall–Kier alpha value is -3.10. The minimum atomic E-state index is -0.329. The molecule has 0 spiro atoms. The van der Waals surface area contributed by atoms with Gasteiger partial charge in [-0.25, -0.2) is 15.1 Å². The van der Waals surface area contributed by atoms with Crippen LogP contribution in [-0.2, 0) is 43.0 Å². The van der Waals surface area contributed by atoms with Gasteiger partial charge in [-0.2, -0.15) is 23.5 Å². The molecular formula is C73H182N10O11S2. The molecule has 10 heterocycles. The molecule has 0 aliphatic carbocycles. The minimum Gasteiger partial charge on any atom is -0.448 e. The van der Waals surface area contributed by atoms with Crippen molar-refractivity contribution in [3.8, 4) is 0 Å². The summed E-state index contributed by atoms with van der Waals surface area (Å²) in [5, 5.41) is 25.5. The number of amides is 7. The van der Waals surface area contributed by atoms with Gasteiger partial charge >= 0.3 is 12.1 Å². The Labute approximate surface area is 612 Å². The quantitative estimate of drug-likeness (QED) is 0.101. The number of imide groups is 2. The number of carbonyl (C=O) groups excluding carboxylic acids is 6. The fourth-order valence-electron chi connectivity index (χ4n) is 4.00. The third-order valence-corrected chi connectivity index (χ3v) is 9.39. The lowest BCUT2D eigenvalue weighted by Crippen LogP contribution is -2.20. The first kappa shape index (κ1) is 148. The fourth-order valence-corrected chi connectivity index (χ4v) is 6.36. The van der Waals surface area contributed by atoms with E-state index in [4.69, 9.17) is 19.0 Å². The van der Waals surface area contributed by atoms with E-state index in [-0.39, 0.29) is 35.8 Å². The molecule has 0 aromatic heterocycles. The van der Waals surface area contributed by atoms with Crippen LogP contribution < -0.4 is 53.3 Å². The van der Waals surface area contributed by atoms with Crippen LogP contribution in [0.25, 0.3) is 0 Å². The number of hydrogen-bond acceptors (Lipinski definition) is 18. The molecule has 0 aromatic rings. The monoisotopic (exact) mass is 1440 g/mol. The maximum atomic E-state index is 10.1. The lowest BCUT2D eigenvalue weighted by molar-refractivity contribution is -0.125. The molecule has 10 aliphatic rings. The molecular weight excluding hydrogens is 1260 g/mol. The SMILES string of the molecule is C1CCNC1.C1CNCN1.C1CNOC1.C1COCN1.C1COCO1.C1CSCS1.CC.CC.CC.CC.CC.CC.CC.CC.CC.CC.CC.CC.CC.CC.CC.CC.CC.CC.CC.CC.O=C1C=CC(=O)N1.O=C1CCC(=O)N1.O=C1NCCN1.O=C1NCCO1. The maximum Gasteiger partial charge on any atom is 0.407 e. The van der Waals surface area contributed by atoms with E-state index in [9.17, 15) is 28.8 Å². The van der Waals surface area contributed by atoms with Crippen LogP contribution in [0.4, 0.5) is 9.59 Å². The molecule has 23 heteroatoms.